The quantitative estimate of drug-likeness (QED) is 0.795. The van der Waals surface area contributed by atoms with Gasteiger partial charge < -0.3 is 10.5 Å². The van der Waals surface area contributed by atoms with Crippen molar-refractivity contribution >= 4 is 15.7 Å². The molecule has 3 N–H and O–H groups in total. The van der Waals surface area contributed by atoms with Gasteiger partial charge in [0.05, 0.1) is 13.3 Å². The summed E-state index contributed by atoms with van der Waals surface area (Å²) in [5.74, 6) is 0.226. The molecule has 0 radical (unpaired) electrons. The number of anilines is 1. The third-order valence-electron chi connectivity index (χ3n) is 2.84. The van der Waals surface area contributed by atoms with Crippen molar-refractivity contribution in [2.24, 2.45) is 0 Å². The molecule has 0 unspecified atom stereocenters. The van der Waals surface area contributed by atoms with Crippen LogP contribution in [-0.4, -0.2) is 37.1 Å². The number of methoxy groups -OCH3 is 1. The van der Waals surface area contributed by atoms with Crippen molar-refractivity contribution in [2.45, 2.75) is 11.4 Å². The van der Waals surface area contributed by atoms with E-state index in [2.05, 4.69) is 10.2 Å². The molecule has 0 aliphatic rings. The molecular weight excluding hydrogens is 280 g/mol. The van der Waals surface area contributed by atoms with Gasteiger partial charge in [0.1, 0.15) is 10.6 Å². The lowest BCUT2D eigenvalue weighted by molar-refractivity contribution is 0.398. The summed E-state index contributed by atoms with van der Waals surface area (Å²) in [5, 5.41) is 6.43. The van der Waals surface area contributed by atoms with Gasteiger partial charge in [-0.3, -0.25) is 5.10 Å². The van der Waals surface area contributed by atoms with Crippen LogP contribution < -0.4 is 10.5 Å². The maximum atomic E-state index is 12.5. The van der Waals surface area contributed by atoms with Gasteiger partial charge >= 0.3 is 0 Å². The molecule has 1 aromatic heterocycles. The Hall–Kier alpha value is -2.06. The Morgan fingerprint density at radius 3 is 2.80 bits per heavy atom. The molecule has 0 aliphatic carbocycles. The molecular formula is C12H16N4O3S. The summed E-state index contributed by atoms with van der Waals surface area (Å²) in [6.45, 7) is 0.215. The second-order valence-electron chi connectivity index (χ2n) is 4.28. The maximum Gasteiger partial charge on any atom is 0.246 e. The zero-order valence-electron chi connectivity index (χ0n) is 11.2. The SMILES string of the molecule is COc1cc(N)ccc1S(=O)(=O)N(C)Cc1cn[nH]c1. The summed E-state index contributed by atoms with van der Waals surface area (Å²) in [7, 11) is -0.759. The molecule has 2 aromatic rings. The first-order chi connectivity index (χ1) is 9.45. The first-order valence-corrected chi connectivity index (χ1v) is 7.26. The van der Waals surface area contributed by atoms with E-state index < -0.39 is 10.0 Å². The van der Waals surface area contributed by atoms with Gasteiger partial charge in [-0.15, -0.1) is 0 Å². The molecule has 0 amide bonds. The van der Waals surface area contributed by atoms with E-state index in [1.165, 1.54) is 36.7 Å². The molecule has 0 saturated carbocycles. The van der Waals surface area contributed by atoms with Crippen LogP contribution in [0.1, 0.15) is 5.56 Å². The molecule has 0 bridgehead atoms. The smallest absolute Gasteiger partial charge is 0.246 e. The zero-order valence-corrected chi connectivity index (χ0v) is 12.0. The van der Waals surface area contributed by atoms with E-state index >= 15 is 0 Å². The van der Waals surface area contributed by atoms with E-state index in [9.17, 15) is 8.42 Å². The normalized spacial score (nSPS) is 11.8. The van der Waals surface area contributed by atoms with Gasteiger partial charge in [0.15, 0.2) is 0 Å². The highest BCUT2D eigenvalue weighted by molar-refractivity contribution is 7.89. The third kappa shape index (κ3) is 2.75. The van der Waals surface area contributed by atoms with Crippen LogP contribution in [0, 0.1) is 0 Å². The van der Waals surface area contributed by atoms with Crippen LogP contribution in [0.2, 0.25) is 0 Å². The topological polar surface area (TPSA) is 101 Å². The van der Waals surface area contributed by atoms with Crippen LogP contribution in [0.25, 0.3) is 0 Å². The van der Waals surface area contributed by atoms with Crippen LogP contribution in [-0.2, 0) is 16.6 Å². The van der Waals surface area contributed by atoms with Crippen LogP contribution >= 0.6 is 0 Å². The molecule has 1 aromatic carbocycles. The number of hydrogen-bond donors (Lipinski definition) is 2. The average Bonchev–Trinajstić information content (AvgIpc) is 2.91. The van der Waals surface area contributed by atoms with E-state index in [4.69, 9.17) is 10.5 Å². The minimum absolute atomic E-state index is 0.0835. The van der Waals surface area contributed by atoms with Gasteiger partial charge in [-0.2, -0.15) is 9.40 Å². The van der Waals surface area contributed by atoms with Gasteiger partial charge in [-0.1, -0.05) is 0 Å². The van der Waals surface area contributed by atoms with Crippen molar-refractivity contribution < 1.29 is 13.2 Å². The number of ether oxygens (including phenoxy) is 1. The number of H-pyrrole nitrogens is 1. The molecule has 0 fully saturated rings. The molecule has 1 heterocycles. The summed E-state index contributed by atoms with van der Waals surface area (Å²) >= 11 is 0. The molecule has 0 spiro atoms. The number of sulfonamides is 1. The number of benzene rings is 1. The number of rotatable bonds is 5. The largest absolute Gasteiger partial charge is 0.495 e. The second kappa shape index (κ2) is 5.51. The zero-order chi connectivity index (χ0) is 14.8. The number of aromatic nitrogens is 2. The molecule has 8 heteroatoms. The Balaban J connectivity index is 2.34. The van der Waals surface area contributed by atoms with Crippen molar-refractivity contribution in [1.29, 1.82) is 0 Å². The number of nitrogens with zero attached hydrogens (tertiary/aromatic N) is 2. The van der Waals surface area contributed by atoms with E-state index in [-0.39, 0.29) is 17.2 Å². The predicted molar refractivity (Wildman–Crippen MR) is 74.6 cm³/mol. The molecule has 0 atom stereocenters. The lowest BCUT2D eigenvalue weighted by Gasteiger charge is -2.18. The first kappa shape index (κ1) is 14.4. The van der Waals surface area contributed by atoms with Crippen molar-refractivity contribution in [3.63, 3.8) is 0 Å². The minimum atomic E-state index is -3.66. The van der Waals surface area contributed by atoms with Crippen molar-refractivity contribution in [1.82, 2.24) is 14.5 Å². The van der Waals surface area contributed by atoms with Gasteiger partial charge in [-0.05, 0) is 12.1 Å². The Bertz CT molecular complexity index is 683. The molecule has 108 valence electrons. The lowest BCUT2D eigenvalue weighted by atomic mass is 10.3. The van der Waals surface area contributed by atoms with Crippen LogP contribution in [0.5, 0.6) is 5.75 Å². The van der Waals surface area contributed by atoms with Crippen molar-refractivity contribution in [2.75, 3.05) is 19.9 Å². The van der Waals surface area contributed by atoms with E-state index in [0.717, 1.165) is 5.56 Å². The fraction of sp³-hybridized carbons (Fsp3) is 0.250. The van der Waals surface area contributed by atoms with Gasteiger partial charge in [0, 0.05) is 37.1 Å². The first-order valence-electron chi connectivity index (χ1n) is 5.82. The number of aromatic amines is 1. The summed E-state index contributed by atoms with van der Waals surface area (Å²) in [4.78, 5) is 0.0835. The average molecular weight is 296 g/mol. The van der Waals surface area contributed by atoms with Gasteiger partial charge in [0.25, 0.3) is 0 Å². The molecule has 20 heavy (non-hydrogen) atoms. The number of nitrogen functional groups attached to an aromatic ring is 1. The summed E-state index contributed by atoms with van der Waals surface area (Å²) in [6, 6.07) is 4.45. The molecule has 7 nitrogen and oxygen atoms in total. The highest BCUT2D eigenvalue weighted by Gasteiger charge is 2.25. The van der Waals surface area contributed by atoms with Crippen LogP contribution in [0.3, 0.4) is 0 Å². The van der Waals surface area contributed by atoms with Gasteiger partial charge in [-0.25, -0.2) is 8.42 Å². The number of hydrogen-bond acceptors (Lipinski definition) is 5. The summed E-state index contributed by atoms with van der Waals surface area (Å²) < 4.78 is 31.4. The Morgan fingerprint density at radius 1 is 1.45 bits per heavy atom. The Morgan fingerprint density at radius 2 is 2.20 bits per heavy atom. The predicted octanol–water partition coefficient (Wildman–Crippen LogP) is 0.821. The van der Waals surface area contributed by atoms with E-state index in [1.807, 2.05) is 0 Å². The van der Waals surface area contributed by atoms with Crippen LogP contribution in [0.15, 0.2) is 35.5 Å². The summed E-state index contributed by atoms with van der Waals surface area (Å²) in [6.07, 6.45) is 3.22. The van der Waals surface area contributed by atoms with Crippen molar-refractivity contribution in [3.8, 4) is 5.75 Å². The second-order valence-corrected chi connectivity index (χ2v) is 6.29. The molecule has 2 rings (SSSR count). The van der Waals surface area contributed by atoms with Crippen molar-refractivity contribution in [3.05, 3.63) is 36.2 Å². The highest BCUT2D eigenvalue weighted by Crippen LogP contribution is 2.28. The standard InChI is InChI=1S/C12H16N4O3S/c1-16(8-9-6-14-15-7-9)20(17,18)12-4-3-10(13)5-11(12)19-2/h3-7H,8,13H2,1-2H3,(H,14,15). The fourth-order valence-electron chi connectivity index (χ4n) is 1.77. The Kier molecular flexibility index (Phi) is 3.96. The lowest BCUT2D eigenvalue weighted by Crippen LogP contribution is -2.26. The highest BCUT2D eigenvalue weighted by atomic mass is 32.2. The molecule has 0 aliphatic heterocycles. The monoisotopic (exact) mass is 296 g/mol. The number of nitrogens with two attached hydrogens (primary N) is 1. The third-order valence-corrected chi connectivity index (χ3v) is 4.68. The van der Waals surface area contributed by atoms with E-state index in [0.29, 0.717) is 5.69 Å². The van der Waals surface area contributed by atoms with Gasteiger partial charge in [0.2, 0.25) is 10.0 Å². The summed E-state index contributed by atoms with van der Waals surface area (Å²) in [5.41, 5.74) is 6.84. The van der Waals surface area contributed by atoms with Crippen LogP contribution in [0.4, 0.5) is 5.69 Å². The number of nitrogens with one attached hydrogen (secondary N) is 1. The fourth-order valence-corrected chi connectivity index (χ4v) is 3.06. The molecule has 0 saturated heterocycles. The maximum absolute atomic E-state index is 12.5. The Labute approximate surface area is 117 Å². The van der Waals surface area contributed by atoms with E-state index in [1.54, 1.807) is 12.4 Å². The minimum Gasteiger partial charge on any atom is -0.495 e.